The molecule has 3 rings (SSSR count). The Bertz CT molecular complexity index is 1040. The van der Waals surface area contributed by atoms with Crippen LogP contribution in [0.3, 0.4) is 0 Å². The minimum atomic E-state index is -0.916. The van der Waals surface area contributed by atoms with Crippen LogP contribution >= 0.6 is 0 Å². The van der Waals surface area contributed by atoms with Crippen molar-refractivity contribution in [3.05, 3.63) is 88.0 Å². The largest absolute Gasteiger partial charge is 0.452 e. The second kappa shape index (κ2) is 8.30. The summed E-state index contributed by atoms with van der Waals surface area (Å²) in [6.45, 7) is 1.31. The van der Waals surface area contributed by atoms with Gasteiger partial charge in [-0.3, -0.25) is 14.9 Å². The van der Waals surface area contributed by atoms with Crippen molar-refractivity contribution in [1.29, 1.82) is 0 Å². The molecule has 0 aliphatic rings. The molecule has 7 heteroatoms. The molecular formula is C21H18N2O5. The quantitative estimate of drug-likeness (QED) is 0.400. The minimum absolute atomic E-state index is 0.192. The van der Waals surface area contributed by atoms with Crippen molar-refractivity contribution in [3.8, 4) is 0 Å². The van der Waals surface area contributed by atoms with Gasteiger partial charge in [-0.05, 0) is 29.3 Å². The summed E-state index contributed by atoms with van der Waals surface area (Å²) in [5, 5.41) is 15.9. The van der Waals surface area contributed by atoms with E-state index in [9.17, 15) is 19.7 Å². The van der Waals surface area contributed by atoms with Gasteiger partial charge < -0.3 is 10.1 Å². The van der Waals surface area contributed by atoms with Crippen LogP contribution < -0.4 is 5.32 Å². The van der Waals surface area contributed by atoms with E-state index in [0.717, 1.165) is 16.3 Å². The molecule has 0 bridgehead atoms. The lowest BCUT2D eigenvalue weighted by atomic mass is 10.00. The zero-order valence-corrected chi connectivity index (χ0v) is 15.1. The second-order valence-corrected chi connectivity index (χ2v) is 6.21. The fraction of sp³-hybridized carbons (Fsp3) is 0.143. The van der Waals surface area contributed by atoms with E-state index in [1.165, 1.54) is 24.3 Å². The third-order valence-electron chi connectivity index (χ3n) is 4.32. The van der Waals surface area contributed by atoms with E-state index in [1.54, 1.807) is 0 Å². The number of carbonyl (C=O) groups excluding carboxylic acids is 2. The van der Waals surface area contributed by atoms with Gasteiger partial charge in [-0.2, -0.15) is 0 Å². The van der Waals surface area contributed by atoms with Gasteiger partial charge in [-0.15, -0.1) is 0 Å². The van der Waals surface area contributed by atoms with Gasteiger partial charge in [0.1, 0.15) is 5.56 Å². The summed E-state index contributed by atoms with van der Waals surface area (Å²) >= 11 is 0. The fourth-order valence-corrected chi connectivity index (χ4v) is 3.00. The van der Waals surface area contributed by atoms with E-state index in [-0.39, 0.29) is 17.3 Å². The average Bonchev–Trinajstić information content (AvgIpc) is 2.71. The summed E-state index contributed by atoms with van der Waals surface area (Å²) in [6.07, 6.45) is 0. The van der Waals surface area contributed by atoms with Crippen LogP contribution in [0.1, 0.15) is 28.9 Å². The standard InChI is InChI=1S/C21H18N2O5/c1-14(16-11-6-8-15-7-2-3-9-17(15)16)22-20(24)13-28-21(25)18-10-4-5-12-19(18)23(26)27/h2-12,14H,13H2,1H3,(H,22,24). The normalized spacial score (nSPS) is 11.6. The van der Waals surface area contributed by atoms with Crippen molar-refractivity contribution in [2.45, 2.75) is 13.0 Å². The van der Waals surface area contributed by atoms with Crippen molar-refractivity contribution in [1.82, 2.24) is 5.32 Å². The first kappa shape index (κ1) is 19.0. The average molecular weight is 378 g/mol. The zero-order valence-electron chi connectivity index (χ0n) is 15.1. The Morgan fingerprint density at radius 2 is 1.71 bits per heavy atom. The number of nitrogens with zero attached hydrogens (tertiary/aromatic N) is 1. The highest BCUT2D eigenvalue weighted by Gasteiger charge is 2.21. The molecule has 142 valence electrons. The molecule has 0 saturated heterocycles. The van der Waals surface area contributed by atoms with E-state index >= 15 is 0 Å². The Morgan fingerprint density at radius 1 is 1.04 bits per heavy atom. The molecule has 0 fully saturated rings. The number of fused-ring (bicyclic) bond motifs is 1. The molecule has 0 aromatic heterocycles. The summed E-state index contributed by atoms with van der Waals surface area (Å²) in [5.74, 6) is -1.41. The number of amides is 1. The molecule has 1 unspecified atom stereocenters. The predicted octanol–water partition coefficient (Wildman–Crippen LogP) is 3.78. The summed E-state index contributed by atoms with van der Waals surface area (Å²) in [4.78, 5) is 34.6. The van der Waals surface area contributed by atoms with E-state index in [2.05, 4.69) is 5.32 Å². The van der Waals surface area contributed by atoms with E-state index in [1.807, 2.05) is 49.4 Å². The monoisotopic (exact) mass is 378 g/mol. The molecule has 0 aliphatic heterocycles. The first-order chi connectivity index (χ1) is 13.5. The number of ether oxygens (including phenoxy) is 1. The summed E-state index contributed by atoms with van der Waals surface area (Å²) in [6, 6.07) is 18.8. The van der Waals surface area contributed by atoms with Crippen LogP contribution in [-0.2, 0) is 9.53 Å². The third kappa shape index (κ3) is 4.15. The lowest BCUT2D eigenvalue weighted by Crippen LogP contribution is -2.31. The lowest BCUT2D eigenvalue weighted by Gasteiger charge is -2.16. The maximum Gasteiger partial charge on any atom is 0.345 e. The zero-order chi connectivity index (χ0) is 20.1. The molecule has 0 radical (unpaired) electrons. The topological polar surface area (TPSA) is 98.5 Å². The second-order valence-electron chi connectivity index (χ2n) is 6.21. The maximum atomic E-state index is 12.2. The van der Waals surface area contributed by atoms with Crippen LogP contribution in [0.4, 0.5) is 5.69 Å². The Kier molecular flexibility index (Phi) is 5.64. The van der Waals surface area contributed by atoms with Gasteiger partial charge in [0.15, 0.2) is 6.61 Å². The first-order valence-corrected chi connectivity index (χ1v) is 8.65. The van der Waals surface area contributed by atoms with E-state index in [0.29, 0.717) is 0 Å². The number of benzene rings is 3. The molecule has 28 heavy (non-hydrogen) atoms. The number of rotatable bonds is 6. The van der Waals surface area contributed by atoms with Crippen LogP contribution in [0.5, 0.6) is 0 Å². The Hall–Kier alpha value is -3.74. The summed E-state index contributed by atoms with van der Waals surface area (Å²) < 4.78 is 4.95. The maximum absolute atomic E-state index is 12.2. The van der Waals surface area contributed by atoms with Gasteiger partial charge in [-0.1, -0.05) is 54.6 Å². The number of carbonyl (C=O) groups is 2. The van der Waals surface area contributed by atoms with E-state index in [4.69, 9.17) is 4.74 Å². The molecular weight excluding hydrogens is 360 g/mol. The van der Waals surface area contributed by atoms with E-state index < -0.39 is 23.4 Å². The van der Waals surface area contributed by atoms with Gasteiger partial charge >= 0.3 is 5.97 Å². The molecule has 0 saturated carbocycles. The SMILES string of the molecule is CC(NC(=O)COC(=O)c1ccccc1[N+](=O)[O-])c1cccc2ccccc12. The number of hydrogen-bond acceptors (Lipinski definition) is 5. The number of nitrogens with one attached hydrogen (secondary N) is 1. The Labute approximate surface area is 161 Å². The molecule has 1 amide bonds. The van der Waals surface area contributed by atoms with Crippen LogP contribution in [0.15, 0.2) is 66.7 Å². The highest BCUT2D eigenvalue weighted by Crippen LogP contribution is 2.24. The smallest absolute Gasteiger partial charge is 0.345 e. The molecule has 3 aromatic rings. The third-order valence-corrected chi connectivity index (χ3v) is 4.32. The predicted molar refractivity (Wildman–Crippen MR) is 104 cm³/mol. The number of hydrogen-bond donors (Lipinski definition) is 1. The molecule has 1 N–H and O–H groups in total. The highest BCUT2D eigenvalue weighted by atomic mass is 16.6. The number of nitro benzene ring substituents is 1. The molecule has 7 nitrogen and oxygen atoms in total. The van der Waals surface area contributed by atoms with Crippen LogP contribution in [0, 0.1) is 10.1 Å². The molecule has 1 atom stereocenters. The molecule has 0 spiro atoms. The number of esters is 1. The van der Waals surface area contributed by atoms with Gasteiger partial charge in [0, 0.05) is 6.07 Å². The van der Waals surface area contributed by atoms with Crippen molar-refractivity contribution in [2.24, 2.45) is 0 Å². The van der Waals surface area contributed by atoms with Gasteiger partial charge in [0.25, 0.3) is 11.6 Å². The van der Waals surface area contributed by atoms with Crippen molar-refractivity contribution >= 4 is 28.3 Å². The van der Waals surface area contributed by atoms with Gasteiger partial charge in [-0.25, -0.2) is 4.79 Å². The number of para-hydroxylation sites is 1. The van der Waals surface area contributed by atoms with Crippen LogP contribution in [0.2, 0.25) is 0 Å². The minimum Gasteiger partial charge on any atom is -0.452 e. The van der Waals surface area contributed by atoms with Crippen molar-refractivity contribution in [3.63, 3.8) is 0 Å². The van der Waals surface area contributed by atoms with Gasteiger partial charge in [0.05, 0.1) is 11.0 Å². The summed E-state index contributed by atoms with van der Waals surface area (Å²) in [7, 11) is 0. The molecule has 3 aromatic carbocycles. The first-order valence-electron chi connectivity index (χ1n) is 8.65. The highest BCUT2D eigenvalue weighted by molar-refractivity contribution is 5.95. The fourth-order valence-electron chi connectivity index (χ4n) is 3.00. The number of nitro groups is 1. The Morgan fingerprint density at radius 3 is 2.50 bits per heavy atom. The van der Waals surface area contributed by atoms with Crippen molar-refractivity contribution in [2.75, 3.05) is 6.61 Å². The van der Waals surface area contributed by atoms with Crippen LogP contribution in [-0.4, -0.2) is 23.4 Å². The summed E-state index contributed by atoms with van der Waals surface area (Å²) in [5.41, 5.74) is 0.385. The molecule has 0 aliphatic carbocycles. The van der Waals surface area contributed by atoms with Crippen molar-refractivity contribution < 1.29 is 19.2 Å². The lowest BCUT2D eigenvalue weighted by molar-refractivity contribution is -0.385. The Balaban J connectivity index is 1.64. The molecule has 0 heterocycles. The van der Waals surface area contributed by atoms with Crippen LogP contribution in [0.25, 0.3) is 10.8 Å². The van der Waals surface area contributed by atoms with Gasteiger partial charge in [0.2, 0.25) is 0 Å².